The topological polar surface area (TPSA) is 19.7 Å². The standard InChI is InChI=1S/C74H48N4/c1-45-64(78-71-32-16-8-24-58(71)59-25-9-17-33-72(59)78)41-40-60-51-39-36-48(77-69-30-14-6-22-56(69)57-23-7-15-31-70(57)77)44-63(51)74(73(45)60)61-42-46(75-65-26-10-2-18-52(65)53-19-3-11-27-66(53)75)34-37-49(61)50-38-35-47(43-62(50)74)76-67-28-12-4-20-54(67)55-21-5-13-29-68(55)76/h2-4,6-20,22-44H,5,21H2,1H3. The molecule has 0 radical (unpaired) electrons. The lowest BCUT2D eigenvalue weighted by Gasteiger charge is -2.33. The van der Waals surface area contributed by atoms with Crippen LogP contribution in [0.1, 0.15) is 45.5 Å². The van der Waals surface area contributed by atoms with Gasteiger partial charge in [-0.2, -0.15) is 0 Å². The monoisotopic (exact) mass is 992 g/mol. The predicted molar refractivity (Wildman–Crippen MR) is 325 cm³/mol. The third-order valence-electron chi connectivity index (χ3n) is 18.2. The number of hydrogen-bond acceptors (Lipinski definition) is 0. The van der Waals surface area contributed by atoms with E-state index in [0.29, 0.717) is 0 Å². The molecule has 3 aliphatic carbocycles. The first-order valence-electron chi connectivity index (χ1n) is 27.5. The molecule has 0 fully saturated rings. The molecule has 1 spiro atoms. The number of benzene rings is 11. The molecule has 0 bridgehead atoms. The molecule has 0 saturated heterocycles. The zero-order valence-corrected chi connectivity index (χ0v) is 42.9. The molecular weight excluding hydrogens is 945 g/mol. The van der Waals surface area contributed by atoms with E-state index in [-0.39, 0.29) is 0 Å². The summed E-state index contributed by atoms with van der Waals surface area (Å²) >= 11 is 0. The molecule has 4 aromatic heterocycles. The summed E-state index contributed by atoms with van der Waals surface area (Å²) in [5, 5.41) is 8.88. The van der Waals surface area contributed by atoms with E-state index in [0.717, 1.165) is 24.2 Å². The van der Waals surface area contributed by atoms with Gasteiger partial charge in [0.2, 0.25) is 0 Å². The van der Waals surface area contributed by atoms with Gasteiger partial charge in [-0.3, -0.25) is 0 Å². The van der Waals surface area contributed by atoms with Crippen LogP contribution < -0.4 is 0 Å². The quantitative estimate of drug-likeness (QED) is 0.167. The number of fused-ring (bicyclic) bond motifs is 22. The number of aromatic nitrogens is 4. The molecule has 1 atom stereocenters. The zero-order chi connectivity index (χ0) is 51.0. The Morgan fingerprint density at radius 1 is 0.333 bits per heavy atom. The molecule has 0 saturated carbocycles. The van der Waals surface area contributed by atoms with Gasteiger partial charge in [-0.1, -0.05) is 158 Å². The molecule has 18 rings (SSSR count). The van der Waals surface area contributed by atoms with Crippen molar-refractivity contribution in [3.05, 3.63) is 282 Å². The minimum atomic E-state index is -0.757. The molecule has 4 heterocycles. The van der Waals surface area contributed by atoms with Gasteiger partial charge in [0.15, 0.2) is 0 Å². The third kappa shape index (κ3) is 5.29. The summed E-state index contributed by atoms with van der Waals surface area (Å²) in [6.07, 6.45) is 6.81. The Morgan fingerprint density at radius 3 is 1.12 bits per heavy atom. The number of aryl methyl sites for hydroxylation is 1. The second-order valence-corrected chi connectivity index (χ2v) is 21.8. The van der Waals surface area contributed by atoms with E-state index >= 15 is 0 Å². The minimum Gasteiger partial charge on any atom is -0.310 e. The molecule has 11 aromatic carbocycles. The Balaban J connectivity index is 1.01. The number of hydrogen-bond donors (Lipinski definition) is 0. The maximum absolute atomic E-state index is 2.59. The van der Waals surface area contributed by atoms with Crippen LogP contribution in [0.25, 0.3) is 127 Å². The molecule has 4 nitrogen and oxygen atoms in total. The van der Waals surface area contributed by atoms with Crippen molar-refractivity contribution in [3.63, 3.8) is 0 Å². The van der Waals surface area contributed by atoms with Crippen LogP contribution in [-0.2, 0) is 11.8 Å². The van der Waals surface area contributed by atoms with Crippen LogP contribution in [0.15, 0.2) is 243 Å². The van der Waals surface area contributed by atoms with Gasteiger partial charge < -0.3 is 18.3 Å². The Morgan fingerprint density at radius 2 is 0.679 bits per heavy atom. The average molecular weight is 993 g/mol. The van der Waals surface area contributed by atoms with Gasteiger partial charge in [0.25, 0.3) is 0 Å². The molecule has 4 heteroatoms. The summed E-state index contributed by atoms with van der Waals surface area (Å²) in [5.74, 6) is 0. The molecule has 0 amide bonds. The number of allylic oxidation sites excluding steroid dienone is 1. The van der Waals surface area contributed by atoms with E-state index < -0.39 is 5.41 Å². The van der Waals surface area contributed by atoms with E-state index in [4.69, 9.17) is 0 Å². The second-order valence-electron chi connectivity index (χ2n) is 21.8. The van der Waals surface area contributed by atoms with E-state index in [2.05, 4.69) is 274 Å². The van der Waals surface area contributed by atoms with E-state index in [1.807, 2.05) is 0 Å². The van der Waals surface area contributed by atoms with Crippen LogP contribution in [0.5, 0.6) is 0 Å². The van der Waals surface area contributed by atoms with Gasteiger partial charge in [0.05, 0.1) is 44.0 Å². The van der Waals surface area contributed by atoms with Gasteiger partial charge in [-0.05, 0) is 166 Å². The van der Waals surface area contributed by atoms with Crippen molar-refractivity contribution in [2.45, 2.75) is 25.2 Å². The minimum absolute atomic E-state index is 0.757. The lowest BCUT2D eigenvalue weighted by molar-refractivity contribution is 0.781. The van der Waals surface area contributed by atoms with Gasteiger partial charge in [-0.25, -0.2) is 0 Å². The molecule has 78 heavy (non-hydrogen) atoms. The van der Waals surface area contributed by atoms with Gasteiger partial charge in [0, 0.05) is 66.1 Å². The SMILES string of the molecule is Cc1c(-n2c3ccccc3c3ccccc32)ccc2c1C1(c3cc(-n4c5c(c6ccccc64)CCC=C5)ccc3-c3ccc(-n4c5ccccc5c5ccccc54)cc31)c1cc(-n3c4ccccc4c4ccccc43)ccc1-2. The highest BCUT2D eigenvalue weighted by molar-refractivity contribution is 6.12. The Kier molecular flexibility index (Phi) is 8.34. The molecule has 15 aromatic rings. The van der Waals surface area contributed by atoms with Crippen LogP contribution in [0, 0.1) is 6.92 Å². The van der Waals surface area contributed by atoms with Crippen molar-refractivity contribution < 1.29 is 0 Å². The predicted octanol–water partition coefficient (Wildman–Crippen LogP) is 18.5. The molecular formula is C74H48N4. The van der Waals surface area contributed by atoms with Crippen LogP contribution >= 0.6 is 0 Å². The van der Waals surface area contributed by atoms with Crippen molar-refractivity contribution in [1.82, 2.24) is 18.3 Å². The molecule has 1 unspecified atom stereocenters. The largest absolute Gasteiger partial charge is 0.310 e. The number of para-hydroxylation sites is 7. The van der Waals surface area contributed by atoms with Crippen LogP contribution in [0.2, 0.25) is 0 Å². The maximum Gasteiger partial charge on any atom is 0.0731 e. The third-order valence-corrected chi connectivity index (χ3v) is 18.2. The molecule has 0 aliphatic heterocycles. The Hall–Kier alpha value is -9.90. The highest BCUT2D eigenvalue weighted by Crippen LogP contribution is 2.65. The van der Waals surface area contributed by atoms with E-state index in [9.17, 15) is 0 Å². The second kappa shape index (κ2) is 15.4. The van der Waals surface area contributed by atoms with Crippen molar-refractivity contribution in [2.75, 3.05) is 0 Å². The fraction of sp³-hybridized carbons (Fsp3) is 0.0541. The fourth-order valence-electron chi connectivity index (χ4n) is 15.2. The Labute approximate surface area is 450 Å². The maximum atomic E-state index is 2.59. The molecule has 3 aliphatic rings. The van der Waals surface area contributed by atoms with Crippen molar-refractivity contribution in [1.29, 1.82) is 0 Å². The van der Waals surface area contributed by atoms with Crippen molar-refractivity contribution in [2.24, 2.45) is 0 Å². The fourth-order valence-corrected chi connectivity index (χ4v) is 15.2. The summed E-state index contributed by atoms with van der Waals surface area (Å²) in [7, 11) is 0. The summed E-state index contributed by atoms with van der Waals surface area (Å²) in [6, 6.07) is 89.7. The normalized spacial score (nSPS) is 15.1. The highest BCUT2D eigenvalue weighted by atomic mass is 15.0. The van der Waals surface area contributed by atoms with Gasteiger partial charge >= 0.3 is 0 Å². The number of rotatable bonds is 4. The van der Waals surface area contributed by atoms with Crippen molar-refractivity contribution >= 4 is 82.4 Å². The summed E-state index contributed by atoms with van der Waals surface area (Å²) in [4.78, 5) is 0. The van der Waals surface area contributed by atoms with Crippen molar-refractivity contribution in [3.8, 4) is 45.0 Å². The highest BCUT2D eigenvalue weighted by Gasteiger charge is 2.53. The molecule has 0 N–H and O–H groups in total. The van der Waals surface area contributed by atoms with E-state index in [1.165, 1.54) is 149 Å². The van der Waals surface area contributed by atoms with E-state index in [1.54, 1.807) is 0 Å². The summed E-state index contributed by atoms with van der Waals surface area (Å²) < 4.78 is 10.1. The van der Waals surface area contributed by atoms with Crippen LogP contribution in [0.4, 0.5) is 0 Å². The average Bonchev–Trinajstić information content (AvgIpc) is 3.49. The van der Waals surface area contributed by atoms with Gasteiger partial charge in [-0.15, -0.1) is 0 Å². The lowest BCUT2D eigenvalue weighted by atomic mass is 9.69. The zero-order valence-electron chi connectivity index (χ0n) is 42.9. The smallest absolute Gasteiger partial charge is 0.0731 e. The summed E-state index contributed by atoms with van der Waals surface area (Å²) in [5.41, 5.74) is 26.7. The molecule has 364 valence electrons. The first-order valence-corrected chi connectivity index (χ1v) is 27.5. The summed E-state index contributed by atoms with van der Waals surface area (Å²) in [6.45, 7) is 2.41. The van der Waals surface area contributed by atoms with Gasteiger partial charge in [0.1, 0.15) is 0 Å². The first kappa shape index (κ1) is 42.3. The van der Waals surface area contributed by atoms with Crippen LogP contribution in [0.3, 0.4) is 0 Å². The Bertz CT molecular complexity index is 4890. The number of nitrogens with zero attached hydrogens (tertiary/aromatic N) is 4. The first-order chi connectivity index (χ1) is 38.6. The lowest BCUT2D eigenvalue weighted by Crippen LogP contribution is -2.28. The van der Waals surface area contributed by atoms with Crippen LogP contribution in [-0.4, -0.2) is 18.3 Å².